The maximum Gasteiger partial charge on any atom is 0.244 e. The van der Waals surface area contributed by atoms with Gasteiger partial charge >= 0.3 is 0 Å². The summed E-state index contributed by atoms with van der Waals surface area (Å²) < 4.78 is 26.8. The number of rotatable bonds is 5. The van der Waals surface area contributed by atoms with Crippen molar-refractivity contribution in [1.29, 1.82) is 0 Å². The molecule has 0 saturated carbocycles. The number of benzene rings is 1. The van der Waals surface area contributed by atoms with E-state index in [1.54, 1.807) is 29.5 Å². The first-order valence-electron chi connectivity index (χ1n) is 5.89. The number of nitrogens with zero attached hydrogens (tertiary/aromatic N) is 1. The van der Waals surface area contributed by atoms with Gasteiger partial charge in [0.2, 0.25) is 10.0 Å². The highest BCUT2D eigenvalue weighted by molar-refractivity contribution is 9.10. The lowest BCUT2D eigenvalue weighted by molar-refractivity contribution is 0.521. The van der Waals surface area contributed by atoms with Gasteiger partial charge in [-0.25, -0.2) is 12.7 Å². The van der Waals surface area contributed by atoms with Gasteiger partial charge in [-0.1, -0.05) is 12.1 Å². The summed E-state index contributed by atoms with van der Waals surface area (Å²) >= 11 is 5.02. The van der Waals surface area contributed by atoms with E-state index in [0.717, 1.165) is 9.35 Å². The van der Waals surface area contributed by atoms with Gasteiger partial charge in [-0.3, -0.25) is 0 Å². The topological polar surface area (TPSA) is 49.4 Å². The number of hydrogen-bond donors (Lipinski definition) is 1. The molecule has 0 amide bonds. The van der Waals surface area contributed by atoms with E-state index in [1.165, 1.54) is 18.4 Å². The molecule has 108 valence electrons. The number of sulfonamides is 1. The first-order chi connectivity index (χ1) is 9.41. The molecule has 1 N–H and O–H groups in total. The summed E-state index contributed by atoms with van der Waals surface area (Å²) in [6, 6.07) is 8.95. The van der Waals surface area contributed by atoms with Crippen molar-refractivity contribution in [2.24, 2.45) is 0 Å². The van der Waals surface area contributed by atoms with Crippen LogP contribution >= 0.6 is 27.3 Å². The third kappa shape index (κ3) is 3.41. The van der Waals surface area contributed by atoms with E-state index in [4.69, 9.17) is 0 Å². The SMILES string of the molecule is CN(C)S(=O)(=O)c1ccccc1NCc1cc(Br)cs1. The van der Waals surface area contributed by atoms with Crippen LogP contribution in [-0.4, -0.2) is 26.8 Å². The predicted octanol–water partition coefficient (Wildman–Crippen LogP) is 3.37. The summed E-state index contributed by atoms with van der Waals surface area (Å²) in [5.74, 6) is 0. The largest absolute Gasteiger partial charge is 0.379 e. The molecule has 20 heavy (non-hydrogen) atoms. The Labute approximate surface area is 131 Å². The van der Waals surface area contributed by atoms with E-state index >= 15 is 0 Å². The third-order valence-electron chi connectivity index (χ3n) is 2.72. The Balaban J connectivity index is 2.25. The molecule has 1 heterocycles. The summed E-state index contributed by atoms with van der Waals surface area (Å²) in [4.78, 5) is 1.43. The summed E-state index contributed by atoms with van der Waals surface area (Å²) in [5, 5.41) is 5.19. The van der Waals surface area contributed by atoms with Crippen molar-refractivity contribution >= 4 is 43.0 Å². The number of hydrogen-bond acceptors (Lipinski definition) is 4. The van der Waals surface area contributed by atoms with Gasteiger partial charge < -0.3 is 5.32 Å². The molecule has 0 unspecified atom stereocenters. The number of para-hydroxylation sites is 1. The molecule has 0 aliphatic carbocycles. The minimum absolute atomic E-state index is 0.292. The first-order valence-corrected chi connectivity index (χ1v) is 9.01. The average Bonchev–Trinajstić information content (AvgIpc) is 2.82. The zero-order valence-electron chi connectivity index (χ0n) is 11.1. The van der Waals surface area contributed by atoms with Crippen LogP contribution in [0.4, 0.5) is 5.69 Å². The van der Waals surface area contributed by atoms with Crippen molar-refractivity contribution in [2.75, 3.05) is 19.4 Å². The highest BCUT2D eigenvalue weighted by Gasteiger charge is 2.20. The lowest BCUT2D eigenvalue weighted by Crippen LogP contribution is -2.23. The fourth-order valence-electron chi connectivity index (χ4n) is 1.66. The first kappa shape index (κ1) is 15.5. The van der Waals surface area contributed by atoms with Crippen LogP contribution in [0.1, 0.15) is 4.88 Å². The van der Waals surface area contributed by atoms with Crippen molar-refractivity contribution in [1.82, 2.24) is 4.31 Å². The molecule has 0 bridgehead atoms. The van der Waals surface area contributed by atoms with Gasteiger partial charge in [-0.2, -0.15) is 0 Å². The van der Waals surface area contributed by atoms with Gasteiger partial charge in [0, 0.05) is 35.4 Å². The maximum atomic E-state index is 12.2. The lowest BCUT2D eigenvalue weighted by Gasteiger charge is -2.15. The van der Waals surface area contributed by atoms with Crippen molar-refractivity contribution in [3.8, 4) is 0 Å². The molecule has 0 radical (unpaired) electrons. The summed E-state index contributed by atoms with van der Waals surface area (Å²) in [5.41, 5.74) is 0.616. The minimum Gasteiger partial charge on any atom is -0.379 e. The van der Waals surface area contributed by atoms with E-state index in [9.17, 15) is 8.42 Å². The van der Waals surface area contributed by atoms with Crippen LogP contribution in [0.2, 0.25) is 0 Å². The standard InChI is InChI=1S/C13H15BrN2O2S2/c1-16(2)20(17,18)13-6-4-3-5-12(13)15-8-11-7-10(14)9-19-11/h3-7,9,15H,8H2,1-2H3. The molecule has 0 spiro atoms. The van der Waals surface area contributed by atoms with Crippen LogP contribution in [0.3, 0.4) is 0 Å². The van der Waals surface area contributed by atoms with Gasteiger partial charge in [0.15, 0.2) is 0 Å². The van der Waals surface area contributed by atoms with Crippen LogP contribution in [0.5, 0.6) is 0 Å². The zero-order valence-corrected chi connectivity index (χ0v) is 14.3. The Morgan fingerprint density at radius 2 is 2.00 bits per heavy atom. The van der Waals surface area contributed by atoms with Crippen molar-refractivity contribution < 1.29 is 8.42 Å². The Morgan fingerprint density at radius 1 is 1.30 bits per heavy atom. The molecule has 0 fully saturated rings. The second-order valence-corrected chi connectivity index (χ2v) is 8.40. The monoisotopic (exact) mass is 374 g/mol. The van der Waals surface area contributed by atoms with Crippen LogP contribution in [0.25, 0.3) is 0 Å². The molecule has 0 aliphatic heterocycles. The Kier molecular flexibility index (Phi) is 4.85. The third-order valence-corrected chi connectivity index (χ3v) is 6.29. The molecular formula is C13H15BrN2O2S2. The van der Waals surface area contributed by atoms with Crippen molar-refractivity contribution in [3.05, 3.63) is 45.1 Å². The van der Waals surface area contributed by atoms with Crippen LogP contribution in [0, 0.1) is 0 Å². The smallest absolute Gasteiger partial charge is 0.244 e. The maximum absolute atomic E-state index is 12.2. The molecule has 1 aromatic heterocycles. The molecule has 0 saturated heterocycles. The minimum atomic E-state index is -3.44. The van der Waals surface area contributed by atoms with Crippen LogP contribution in [0.15, 0.2) is 45.1 Å². The van der Waals surface area contributed by atoms with Crippen molar-refractivity contribution in [3.63, 3.8) is 0 Å². The van der Waals surface area contributed by atoms with Gasteiger partial charge in [0.1, 0.15) is 4.90 Å². The Morgan fingerprint density at radius 3 is 2.60 bits per heavy atom. The highest BCUT2D eigenvalue weighted by Crippen LogP contribution is 2.25. The van der Waals surface area contributed by atoms with Crippen LogP contribution < -0.4 is 5.32 Å². The molecule has 1 aromatic carbocycles. The fourth-order valence-corrected chi connectivity index (χ4v) is 4.12. The van der Waals surface area contributed by atoms with E-state index < -0.39 is 10.0 Å². The van der Waals surface area contributed by atoms with E-state index in [-0.39, 0.29) is 0 Å². The summed E-state index contributed by atoms with van der Waals surface area (Å²) in [6.07, 6.45) is 0. The van der Waals surface area contributed by atoms with Crippen molar-refractivity contribution in [2.45, 2.75) is 11.4 Å². The Bertz CT molecular complexity index is 696. The molecule has 0 atom stereocenters. The number of halogens is 1. The number of nitrogens with one attached hydrogen (secondary N) is 1. The highest BCUT2D eigenvalue weighted by atomic mass is 79.9. The lowest BCUT2D eigenvalue weighted by atomic mass is 10.3. The van der Waals surface area contributed by atoms with Gasteiger partial charge in [0.05, 0.1) is 5.69 Å². The molecule has 2 aromatic rings. The molecule has 4 nitrogen and oxygen atoms in total. The van der Waals surface area contributed by atoms with E-state index in [0.29, 0.717) is 17.1 Å². The molecule has 2 rings (SSSR count). The second kappa shape index (κ2) is 6.26. The second-order valence-electron chi connectivity index (χ2n) is 4.37. The van der Waals surface area contributed by atoms with E-state index in [1.807, 2.05) is 17.5 Å². The summed E-state index contributed by atoms with van der Waals surface area (Å²) in [6.45, 7) is 0.593. The Hall–Kier alpha value is -0.890. The quantitative estimate of drug-likeness (QED) is 0.872. The summed E-state index contributed by atoms with van der Waals surface area (Å²) in [7, 11) is -0.381. The van der Waals surface area contributed by atoms with Gasteiger partial charge in [-0.05, 0) is 34.1 Å². The predicted molar refractivity (Wildman–Crippen MR) is 86.7 cm³/mol. The molecule has 0 aliphatic rings. The van der Waals surface area contributed by atoms with Crippen LogP contribution in [-0.2, 0) is 16.6 Å². The zero-order chi connectivity index (χ0) is 14.8. The normalized spacial score (nSPS) is 11.8. The fraction of sp³-hybridized carbons (Fsp3) is 0.231. The van der Waals surface area contributed by atoms with Gasteiger partial charge in [0.25, 0.3) is 0 Å². The van der Waals surface area contributed by atoms with Gasteiger partial charge in [-0.15, -0.1) is 11.3 Å². The van der Waals surface area contributed by atoms with E-state index in [2.05, 4.69) is 21.2 Å². The number of thiophene rings is 1. The molecular weight excluding hydrogens is 360 g/mol. The average molecular weight is 375 g/mol. The number of anilines is 1. The molecule has 7 heteroatoms.